The Labute approximate surface area is 264 Å². The summed E-state index contributed by atoms with van der Waals surface area (Å²) in [7, 11) is -4.19. The molecule has 0 saturated heterocycles. The van der Waals surface area contributed by atoms with Crippen LogP contribution in [0.2, 0.25) is 10.0 Å². The smallest absolute Gasteiger partial charge is 0.264 e. The molecule has 1 atom stereocenters. The maximum Gasteiger partial charge on any atom is 0.264 e. The number of carbonyl (C=O) groups excluding carboxylic acids is 2. The van der Waals surface area contributed by atoms with Crippen LogP contribution < -0.4 is 14.4 Å². The zero-order valence-electron chi connectivity index (χ0n) is 24.3. The minimum Gasteiger partial charge on any atom is -0.494 e. The van der Waals surface area contributed by atoms with Gasteiger partial charge in [-0.2, -0.15) is 0 Å². The third kappa shape index (κ3) is 8.22. The number of anilines is 1. The van der Waals surface area contributed by atoms with Crippen LogP contribution in [-0.2, 0) is 26.2 Å². The maximum absolute atomic E-state index is 14.2. The van der Waals surface area contributed by atoms with Crippen LogP contribution in [0.15, 0.2) is 77.7 Å². The molecule has 8 nitrogen and oxygen atoms in total. The van der Waals surface area contributed by atoms with Crippen LogP contribution >= 0.6 is 23.2 Å². The van der Waals surface area contributed by atoms with E-state index in [0.717, 1.165) is 30.0 Å². The van der Waals surface area contributed by atoms with Crippen LogP contribution in [-0.4, -0.2) is 50.4 Å². The third-order valence-corrected chi connectivity index (χ3v) is 9.86. The van der Waals surface area contributed by atoms with E-state index in [2.05, 4.69) is 5.32 Å². The molecule has 1 aliphatic carbocycles. The molecule has 11 heteroatoms. The molecule has 0 bridgehead atoms. The second kappa shape index (κ2) is 14.9. The highest BCUT2D eigenvalue weighted by atomic mass is 35.5. The summed E-state index contributed by atoms with van der Waals surface area (Å²) in [6, 6.07) is 18.7. The van der Waals surface area contributed by atoms with Crippen molar-refractivity contribution in [3.8, 4) is 5.75 Å². The topological polar surface area (TPSA) is 96.0 Å². The van der Waals surface area contributed by atoms with E-state index >= 15 is 0 Å². The van der Waals surface area contributed by atoms with E-state index in [0.29, 0.717) is 40.1 Å². The normalized spacial score (nSPS) is 14.2. The first-order valence-electron chi connectivity index (χ1n) is 14.5. The van der Waals surface area contributed by atoms with E-state index in [9.17, 15) is 18.0 Å². The quantitative estimate of drug-likeness (QED) is 0.230. The average Bonchev–Trinajstić information content (AvgIpc) is 3.50. The number of rotatable bonds is 13. The van der Waals surface area contributed by atoms with Crippen molar-refractivity contribution in [3.05, 3.63) is 88.4 Å². The summed E-state index contributed by atoms with van der Waals surface area (Å²) in [6.45, 7) is 3.58. The number of halogens is 2. The highest BCUT2D eigenvalue weighted by Crippen LogP contribution is 2.28. The third-order valence-electron chi connectivity index (χ3n) is 7.49. The number of sulfonamides is 1. The summed E-state index contributed by atoms with van der Waals surface area (Å²) in [6.07, 6.45) is 4.19. The van der Waals surface area contributed by atoms with Gasteiger partial charge in [0.15, 0.2) is 0 Å². The van der Waals surface area contributed by atoms with Gasteiger partial charge in [-0.25, -0.2) is 8.42 Å². The van der Waals surface area contributed by atoms with Crippen molar-refractivity contribution < 1.29 is 22.7 Å². The maximum atomic E-state index is 14.2. The lowest BCUT2D eigenvalue weighted by molar-refractivity contribution is -0.140. The van der Waals surface area contributed by atoms with Gasteiger partial charge in [0.2, 0.25) is 11.8 Å². The summed E-state index contributed by atoms with van der Waals surface area (Å²) < 4.78 is 34.6. The Bertz CT molecular complexity index is 1500. The Balaban J connectivity index is 1.70. The van der Waals surface area contributed by atoms with Crippen LogP contribution in [0, 0.1) is 0 Å². The first-order chi connectivity index (χ1) is 20.6. The minimum atomic E-state index is -4.19. The van der Waals surface area contributed by atoms with Gasteiger partial charge in [0.05, 0.1) is 17.2 Å². The Morgan fingerprint density at radius 2 is 1.65 bits per heavy atom. The number of hydrogen-bond donors (Lipinski definition) is 1. The molecule has 1 unspecified atom stereocenters. The molecule has 43 heavy (non-hydrogen) atoms. The van der Waals surface area contributed by atoms with Gasteiger partial charge in [-0.15, -0.1) is 0 Å². The minimum absolute atomic E-state index is 0.00282. The lowest BCUT2D eigenvalue weighted by Crippen LogP contribution is -2.53. The number of amides is 2. The zero-order chi connectivity index (χ0) is 31.0. The Morgan fingerprint density at radius 3 is 2.26 bits per heavy atom. The Kier molecular flexibility index (Phi) is 11.3. The predicted molar refractivity (Wildman–Crippen MR) is 170 cm³/mol. The van der Waals surface area contributed by atoms with Gasteiger partial charge < -0.3 is 15.0 Å². The average molecular weight is 647 g/mol. The second-order valence-corrected chi connectivity index (χ2v) is 13.1. The lowest BCUT2D eigenvalue weighted by Gasteiger charge is -2.34. The van der Waals surface area contributed by atoms with Crippen molar-refractivity contribution in [2.75, 3.05) is 17.5 Å². The van der Waals surface area contributed by atoms with Crippen LogP contribution in [0.5, 0.6) is 5.75 Å². The van der Waals surface area contributed by atoms with Gasteiger partial charge in [-0.1, -0.05) is 67.2 Å². The summed E-state index contributed by atoms with van der Waals surface area (Å²) in [5.41, 5.74) is 0.907. The second-order valence-electron chi connectivity index (χ2n) is 10.4. The van der Waals surface area contributed by atoms with Gasteiger partial charge in [0, 0.05) is 22.6 Å². The predicted octanol–water partition coefficient (Wildman–Crippen LogP) is 6.45. The summed E-state index contributed by atoms with van der Waals surface area (Å²) >= 11 is 12.6. The van der Waals surface area contributed by atoms with E-state index in [4.69, 9.17) is 27.9 Å². The number of nitrogens with zero attached hydrogens (tertiary/aromatic N) is 2. The summed E-state index contributed by atoms with van der Waals surface area (Å²) in [5, 5.41) is 3.89. The molecule has 3 aromatic rings. The zero-order valence-corrected chi connectivity index (χ0v) is 26.7. The molecule has 0 heterocycles. The fourth-order valence-electron chi connectivity index (χ4n) is 5.25. The van der Waals surface area contributed by atoms with Gasteiger partial charge in [0.25, 0.3) is 10.0 Å². The number of para-hydroxylation sites is 1. The van der Waals surface area contributed by atoms with E-state index in [-0.39, 0.29) is 23.4 Å². The van der Waals surface area contributed by atoms with Gasteiger partial charge in [-0.05, 0) is 80.3 Å². The standard InChI is InChI=1S/C32H37Cl2N3O5S/c1-3-30(32(39)35-25-10-8-9-11-25)36(21-23-14-15-24(33)20-29(23)34)31(38)22-37(26-12-6-5-7-13-26)43(40,41)28-18-16-27(17-19-28)42-4-2/h5-7,12-20,25,30H,3-4,8-11,21-22H2,1-2H3,(H,35,39). The molecule has 2 amide bonds. The van der Waals surface area contributed by atoms with Crippen molar-refractivity contribution in [2.24, 2.45) is 0 Å². The number of ether oxygens (including phenoxy) is 1. The number of nitrogens with one attached hydrogen (secondary N) is 1. The van der Waals surface area contributed by atoms with Crippen LogP contribution in [0.4, 0.5) is 5.69 Å². The van der Waals surface area contributed by atoms with E-state index in [1.54, 1.807) is 60.7 Å². The van der Waals surface area contributed by atoms with Crippen molar-refractivity contribution in [1.29, 1.82) is 0 Å². The number of hydrogen-bond acceptors (Lipinski definition) is 5. The first-order valence-corrected chi connectivity index (χ1v) is 16.7. The molecule has 1 saturated carbocycles. The molecule has 4 rings (SSSR count). The molecule has 230 valence electrons. The molecule has 1 fully saturated rings. The fourth-order valence-corrected chi connectivity index (χ4v) is 7.13. The molecule has 1 N–H and O–H groups in total. The molecule has 1 aliphatic rings. The van der Waals surface area contributed by atoms with Crippen LogP contribution in [0.25, 0.3) is 0 Å². The van der Waals surface area contributed by atoms with Crippen LogP contribution in [0.1, 0.15) is 51.5 Å². The van der Waals surface area contributed by atoms with Crippen molar-refractivity contribution in [1.82, 2.24) is 10.2 Å². The molecule has 0 spiro atoms. The molecule has 0 aromatic heterocycles. The molecule has 0 aliphatic heterocycles. The molecular weight excluding hydrogens is 609 g/mol. The largest absolute Gasteiger partial charge is 0.494 e. The lowest BCUT2D eigenvalue weighted by atomic mass is 10.1. The summed E-state index contributed by atoms with van der Waals surface area (Å²) in [5.74, 6) is -0.278. The van der Waals surface area contributed by atoms with Gasteiger partial charge >= 0.3 is 0 Å². The Hall–Kier alpha value is -3.27. The fraction of sp³-hybridized carbons (Fsp3) is 0.375. The van der Waals surface area contributed by atoms with Gasteiger partial charge in [0.1, 0.15) is 18.3 Å². The first kappa shape index (κ1) is 32.6. The van der Waals surface area contributed by atoms with E-state index in [1.807, 2.05) is 13.8 Å². The molecular formula is C32H37Cl2N3O5S. The van der Waals surface area contributed by atoms with Gasteiger partial charge in [-0.3, -0.25) is 13.9 Å². The number of carbonyl (C=O) groups is 2. The number of benzene rings is 3. The summed E-state index contributed by atoms with van der Waals surface area (Å²) in [4.78, 5) is 29.2. The SMILES string of the molecule is CCOc1ccc(S(=O)(=O)N(CC(=O)N(Cc2ccc(Cl)cc2Cl)C(CC)C(=O)NC2CCCC2)c2ccccc2)cc1. The highest BCUT2D eigenvalue weighted by molar-refractivity contribution is 7.92. The van der Waals surface area contributed by atoms with Crippen molar-refractivity contribution >= 4 is 50.7 Å². The monoisotopic (exact) mass is 645 g/mol. The van der Waals surface area contributed by atoms with Crippen molar-refractivity contribution in [3.63, 3.8) is 0 Å². The van der Waals surface area contributed by atoms with E-state index < -0.39 is 28.5 Å². The Morgan fingerprint density at radius 1 is 0.977 bits per heavy atom. The highest BCUT2D eigenvalue weighted by Gasteiger charge is 2.34. The van der Waals surface area contributed by atoms with Crippen molar-refractivity contribution in [2.45, 2.75) is 69.5 Å². The molecule has 0 radical (unpaired) electrons. The molecule has 3 aromatic carbocycles. The van der Waals surface area contributed by atoms with Crippen LogP contribution in [0.3, 0.4) is 0 Å². The van der Waals surface area contributed by atoms with E-state index in [1.165, 1.54) is 17.0 Å².